The number of hydrogen-bond acceptors (Lipinski definition) is 4. The van der Waals surface area contributed by atoms with Crippen LogP contribution in [0.1, 0.15) is 28.5 Å². The molecular weight excluding hydrogens is 352 g/mol. The summed E-state index contributed by atoms with van der Waals surface area (Å²) in [5.74, 6) is 0.621. The lowest BCUT2D eigenvalue weighted by molar-refractivity contribution is 0.104. The lowest BCUT2D eigenvalue weighted by Crippen LogP contribution is -2.02. The largest absolute Gasteiger partial charge is 0.496 e. The molecular formula is C19H19ClN4O2. The summed E-state index contributed by atoms with van der Waals surface area (Å²) in [5, 5.41) is 8.98. The van der Waals surface area contributed by atoms with E-state index in [0.717, 1.165) is 23.4 Å². The molecule has 0 saturated carbocycles. The van der Waals surface area contributed by atoms with Gasteiger partial charge in [-0.3, -0.25) is 14.2 Å². The molecule has 0 fully saturated rings. The summed E-state index contributed by atoms with van der Waals surface area (Å²) in [6.07, 6.45) is 8.43. The minimum Gasteiger partial charge on any atom is -0.496 e. The fourth-order valence-electron chi connectivity index (χ4n) is 2.55. The smallest absolute Gasteiger partial charge is 0.206 e. The molecule has 0 spiro atoms. The predicted octanol–water partition coefficient (Wildman–Crippen LogP) is 3.71. The molecule has 0 aliphatic heterocycles. The van der Waals surface area contributed by atoms with E-state index in [1.54, 1.807) is 47.2 Å². The molecule has 0 aliphatic carbocycles. The second kappa shape index (κ2) is 8.01. The fraction of sp³-hybridized carbons (Fsp3) is 0.211. The van der Waals surface area contributed by atoms with Crippen LogP contribution in [0.4, 0.5) is 0 Å². The summed E-state index contributed by atoms with van der Waals surface area (Å²) in [6, 6.07) is 7.45. The zero-order valence-corrected chi connectivity index (χ0v) is 15.3. The number of rotatable bonds is 7. The van der Waals surface area contributed by atoms with Crippen molar-refractivity contribution in [1.29, 1.82) is 0 Å². The fourth-order valence-corrected chi connectivity index (χ4v) is 2.71. The number of allylic oxidation sites excluding steroid dienone is 1. The monoisotopic (exact) mass is 370 g/mol. The number of ether oxygens (including phenoxy) is 1. The maximum Gasteiger partial charge on any atom is 0.206 e. The van der Waals surface area contributed by atoms with Crippen LogP contribution < -0.4 is 4.74 Å². The highest BCUT2D eigenvalue weighted by Gasteiger charge is 2.08. The van der Waals surface area contributed by atoms with Crippen molar-refractivity contribution in [1.82, 2.24) is 19.6 Å². The van der Waals surface area contributed by atoms with E-state index in [-0.39, 0.29) is 5.78 Å². The van der Waals surface area contributed by atoms with Gasteiger partial charge in [-0.15, -0.1) is 0 Å². The van der Waals surface area contributed by atoms with E-state index in [4.69, 9.17) is 16.3 Å². The minimum atomic E-state index is -0.131. The second-order valence-corrected chi connectivity index (χ2v) is 6.12. The van der Waals surface area contributed by atoms with E-state index in [9.17, 15) is 4.79 Å². The van der Waals surface area contributed by atoms with E-state index in [1.165, 1.54) is 6.08 Å². The van der Waals surface area contributed by atoms with Crippen molar-refractivity contribution in [2.45, 2.75) is 20.0 Å². The summed E-state index contributed by atoms with van der Waals surface area (Å²) in [4.78, 5) is 12.2. The van der Waals surface area contributed by atoms with E-state index in [2.05, 4.69) is 10.2 Å². The quantitative estimate of drug-likeness (QED) is 0.470. The summed E-state index contributed by atoms with van der Waals surface area (Å²) < 4.78 is 8.87. The zero-order valence-electron chi connectivity index (χ0n) is 14.6. The molecule has 6 nitrogen and oxygen atoms in total. The van der Waals surface area contributed by atoms with Gasteiger partial charge < -0.3 is 4.74 Å². The van der Waals surface area contributed by atoms with Crippen LogP contribution in [0.25, 0.3) is 6.08 Å². The lowest BCUT2D eigenvalue weighted by atomic mass is 10.1. The first-order valence-corrected chi connectivity index (χ1v) is 8.57. The predicted molar refractivity (Wildman–Crippen MR) is 101 cm³/mol. The highest BCUT2D eigenvalue weighted by atomic mass is 35.5. The van der Waals surface area contributed by atoms with Crippen molar-refractivity contribution in [3.63, 3.8) is 0 Å². The molecule has 0 amide bonds. The third kappa shape index (κ3) is 4.21. The number of halogens is 1. The van der Waals surface area contributed by atoms with E-state index < -0.39 is 0 Å². The number of aryl methyl sites for hydroxylation is 1. The summed E-state index contributed by atoms with van der Waals surface area (Å²) in [5.41, 5.74) is 2.27. The standard InChI is InChI=1S/C19H19ClN4O2/c1-3-23-9-8-17(22-23)18(25)6-4-14-5-7-19(26-2)15(10-14)12-24-13-16(20)11-21-24/h4-11,13H,3,12H2,1-2H3/b6-4+. The van der Waals surface area contributed by atoms with Gasteiger partial charge in [-0.05, 0) is 36.8 Å². The number of hydrogen-bond donors (Lipinski definition) is 0. The topological polar surface area (TPSA) is 61.9 Å². The van der Waals surface area contributed by atoms with Gasteiger partial charge in [-0.1, -0.05) is 23.7 Å². The zero-order chi connectivity index (χ0) is 18.5. The Morgan fingerprint density at radius 1 is 1.31 bits per heavy atom. The Hall–Kier alpha value is -2.86. The van der Waals surface area contributed by atoms with Gasteiger partial charge in [0.25, 0.3) is 0 Å². The lowest BCUT2D eigenvalue weighted by Gasteiger charge is -2.09. The Balaban J connectivity index is 1.79. The van der Waals surface area contributed by atoms with Gasteiger partial charge in [0.15, 0.2) is 0 Å². The Bertz CT molecular complexity index is 943. The third-order valence-corrected chi connectivity index (χ3v) is 4.08. The Kier molecular flexibility index (Phi) is 5.53. The van der Waals surface area contributed by atoms with Gasteiger partial charge in [0.05, 0.1) is 24.9 Å². The van der Waals surface area contributed by atoms with E-state index in [1.807, 2.05) is 25.1 Å². The maximum absolute atomic E-state index is 12.2. The molecule has 3 rings (SSSR count). The Labute approximate surface area is 156 Å². The average molecular weight is 371 g/mol. The van der Waals surface area contributed by atoms with Gasteiger partial charge in [0, 0.05) is 24.5 Å². The van der Waals surface area contributed by atoms with Gasteiger partial charge >= 0.3 is 0 Å². The van der Waals surface area contributed by atoms with E-state index >= 15 is 0 Å². The molecule has 0 aliphatic rings. The van der Waals surface area contributed by atoms with Crippen molar-refractivity contribution in [3.8, 4) is 5.75 Å². The molecule has 0 atom stereocenters. The van der Waals surface area contributed by atoms with Gasteiger partial charge in [0.2, 0.25) is 5.78 Å². The molecule has 2 heterocycles. The van der Waals surface area contributed by atoms with Crippen molar-refractivity contribution in [2.24, 2.45) is 0 Å². The normalized spacial score (nSPS) is 11.2. The van der Waals surface area contributed by atoms with Gasteiger partial charge in [0.1, 0.15) is 11.4 Å². The maximum atomic E-state index is 12.2. The molecule has 2 aromatic heterocycles. The number of aromatic nitrogens is 4. The molecule has 0 saturated heterocycles. The highest BCUT2D eigenvalue weighted by Crippen LogP contribution is 2.22. The minimum absolute atomic E-state index is 0.131. The number of ketones is 1. The molecule has 3 aromatic rings. The van der Waals surface area contributed by atoms with Crippen LogP contribution in [-0.2, 0) is 13.1 Å². The van der Waals surface area contributed by atoms with Gasteiger partial charge in [-0.25, -0.2) is 0 Å². The molecule has 0 radical (unpaired) electrons. The number of carbonyl (C=O) groups is 1. The highest BCUT2D eigenvalue weighted by molar-refractivity contribution is 6.30. The van der Waals surface area contributed by atoms with Crippen LogP contribution in [-0.4, -0.2) is 32.5 Å². The van der Waals surface area contributed by atoms with Gasteiger partial charge in [-0.2, -0.15) is 10.2 Å². The molecule has 0 bridgehead atoms. The van der Waals surface area contributed by atoms with Crippen molar-refractivity contribution < 1.29 is 9.53 Å². The van der Waals surface area contributed by atoms with Crippen molar-refractivity contribution in [3.05, 3.63) is 70.8 Å². The second-order valence-electron chi connectivity index (χ2n) is 5.68. The molecule has 0 unspecified atom stereocenters. The molecule has 26 heavy (non-hydrogen) atoms. The Morgan fingerprint density at radius 3 is 2.81 bits per heavy atom. The van der Waals surface area contributed by atoms with Crippen LogP contribution in [0.15, 0.2) is 48.9 Å². The number of methoxy groups -OCH3 is 1. The first kappa shape index (κ1) is 17.9. The number of carbonyl (C=O) groups excluding carboxylic acids is 1. The molecule has 7 heteroatoms. The summed E-state index contributed by atoms with van der Waals surface area (Å²) >= 11 is 5.92. The third-order valence-electron chi connectivity index (χ3n) is 3.88. The van der Waals surface area contributed by atoms with Crippen LogP contribution in [0.3, 0.4) is 0 Å². The first-order chi connectivity index (χ1) is 12.6. The summed E-state index contributed by atoms with van der Waals surface area (Å²) in [6.45, 7) is 3.23. The van der Waals surface area contributed by atoms with E-state index in [0.29, 0.717) is 17.3 Å². The molecule has 1 aromatic carbocycles. The SMILES string of the molecule is CCn1ccc(C(=O)/C=C/c2ccc(OC)c(Cn3cc(Cl)cn3)c2)n1. The molecule has 134 valence electrons. The average Bonchev–Trinajstić information content (AvgIpc) is 3.29. The Morgan fingerprint density at radius 2 is 2.15 bits per heavy atom. The summed E-state index contributed by atoms with van der Waals surface area (Å²) in [7, 11) is 1.62. The van der Waals surface area contributed by atoms with Crippen LogP contribution in [0.5, 0.6) is 5.75 Å². The van der Waals surface area contributed by atoms with Crippen LogP contribution in [0.2, 0.25) is 5.02 Å². The van der Waals surface area contributed by atoms with Crippen molar-refractivity contribution in [2.75, 3.05) is 7.11 Å². The number of nitrogens with zero attached hydrogens (tertiary/aromatic N) is 4. The van der Waals surface area contributed by atoms with Crippen molar-refractivity contribution >= 4 is 23.5 Å². The van der Waals surface area contributed by atoms with Crippen LogP contribution >= 0.6 is 11.6 Å². The van der Waals surface area contributed by atoms with Crippen LogP contribution in [0, 0.1) is 0 Å². The first-order valence-electron chi connectivity index (χ1n) is 8.19. The molecule has 0 N–H and O–H groups in total. The number of benzene rings is 1.